The number of hydrogen-bond donors (Lipinski definition) is 0. The van der Waals surface area contributed by atoms with E-state index in [-0.39, 0.29) is 117 Å². The summed E-state index contributed by atoms with van der Waals surface area (Å²) in [6.45, 7) is 0. The molecule has 4 N–H and O–H groups in total. The summed E-state index contributed by atoms with van der Waals surface area (Å²) < 4.78 is 8.25. The zero-order chi connectivity index (χ0) is 2.71. The van der Waals surface area contributed by atoms with Gasteiger partial charge in [0.05, 0.1) is 0 Å². The van der Waals surface area contributed by atoms with Gasteiger partial charge in [0.25, 0.3) is 0 Å². The van der Waals surface area contributed by atoms with Crippen molar-refractivity contribution >= 4 is 15.8 Å². The molecule has 0 fully saturated rings. The normalized spacial score (nSPS) is 0.667. The Kier molecular flexibility index (Phi) is 3340. The fourth-order valence-electron chi connectivity index (χ4n) is 0. The van der Waals surface area contributed by atoms with Crippen molar-refractivity contribution in [2.24, 2.45) is 0 Å². The monoisotopic (exact) mass is 211 g/mol. The van der Waals surface area contributed by atoms with Gasteiger partial charge in [-0.2, -0.15) is 0 Å². The molecular formula is C4H31B2Na2O4. The molecule has 3 radical (unpaired) electrons. The zero-order valence-electron chi connectivity index (χ0n) is 5.97. The minimum atomic E-state index is -0.500. The number of rotatable bonds is 0. The molecule has 0 saturated heterocycles. The fourth-order valence-corrected chi connectivity index (χ4v) is 0. The Balaban J connectivity index is -0.000000000190. The molecule has 0 heterocycles. The van der Waals surface area contributed by atoms with Crippen molar-refractivity contribution in [3.8, 4) is 0 Å². The second-order valence-electron chi connectivity index (χ2n) is 0.0962. The van der Waals surface area contributed by atoms with Crippen molar-refractivity contribution in [3.05, 3.63) is 0 Å². The molecule has 0 saturated carbocycles. The van der Waals surface area contributed by atoms with Crippen molar-refractivity contribution in [2.45, 2.75) is 29.7 Å². The van der Waals surface area contributed by atoms with Gasteiger partial charge in [0.15, 0.2) is 0 Å². The van der Waals surface area contributed by atoms with E-state index >= 15 is 0 Å². The molecule has 12 heavy (non-hydrogen) atoms. The second kappa shape index (κ2) is 245. The van der Waals surface area contributed by atoms with Gasteiger partial charge in [-0.3, -0.25) is 0 Å². The minimum absolute atomic E-state index is 0. The van der Waals surface area contributed by atoms with Gasteiger partial charge < -0.3 is 12.4 Å². The molecule has 0 unspecified atom stereocenters. The Hall–Kier alpha value is 1.65. The summed E-state index contributed by atoms with van der Waals surface area (Å²) in [5.74, 6) is 0. The smallest absolute Gasteiger partial charge is 1.00 e. The number of hydrogen-bond acceptors (Lipinski definition) is 2. The summed E-state index contributed by atoms with van der Waals surface area (Å²) in [5, 5.41) is 8.25. The maximum absolute atomic E-state index is 8.25. The molecule has 0 spiro atoms. The van der Waals surface area contributed by atoms with Crippen LogP contribution in [0, 0.1) is 0 Å². The molecule has 0 bridgehead atoms. The SMILES string of the molecule is C.C.C.C.O.O.O=B[O-].[B].[H-].[HH].[HH].[HH].[HH].[HH].[Na+].[Na+]. The van der Waals surface area contributed by atoms with Gasteiger partial charge in [0, 0.05) is 15.5 Å². The van der Waals surface area contributed by atoms with E-state index < -0.39 is 7.35 Å². The van der Waals surface area contributed by atoms with E-state index in [1.54, 1.807) is 0 Å². The summed E-state index contributed by atoms with van der Waals surface area (Å²) >= 11 is 0. The third-order valence-corrected chi connectivity index (χ3v) is 0. The second-order valence-corrected chi connectivity index (χ2v) is 0.0962. The predicted molar refractivity (Wildman–Crippen MR) is 58.0 cm³/mol. The van der Waals surface area contributed by atoms with E-state index in [4.69, 9.17) is 9.73 Å². The van der Waals surface area contributed by atoms with Crippen LogP contribution in [0.15, 0.2) is 0 Å². The van der Waals surface area contributed by atoms with Gasteiger partial charge in [0.1, 0.15) is 0 Å². The van der Waals surface area contributed by atoms with Gasteiger partial charge >= 0.3 is 76.2 Å². The van der Waals surface area contributed by atoms with Crippen LogP contribution < -0.4 is 64.1 Å². The molecule has 0 aliphatic rings. The van der Waals surface area contributed by atoms with Crippen LogP contribution in [0.1, 0.15) is 38.3 Å². The molecule has 0 aromatic heterocycles. The first-order chi connectivity index (χ1) is 1.41. The van der Waals surface area contributed by atoms with Crippen molar-refractivity contribution in [1.82, 2.24) is 0 Å². The molecule has 0 aliphatic carbocycles. The van der Waals surface area contributed by atoms with E-state index in [2.05, 4.69) is 0 Å². The topological polar surface area (TPSA) is 103 Å². The Bertz CT molecular complexity index is 47.1. The van der Waals surface area contributed by atoms with E-state index in [0.717, 1.165) is 0 Å². The summed E-state index contributed by atoms with van der Waals surface area (Å²) in [6, 6.07) is 0. The molecule has 0 aliphatic heterocycles. The van der Waals surface area contributed by atoms with Gasteiger partial charge in [-0.25, -0.2) is 0 Å². The summed E-state index contributed by atoms with van der Waals surface area (Å²) in [6.07, 6.45) is 0. The van der Waals surface area contributed by atoms with Gasteiger partial charge in [-0.1, -0.05) is 29.7 Å². The Morgan fingerprint density at radius 2 is 1.00 bits per heavy atom. The van der Waals surface area contributed by atoms with Crippen LogP contribution in [0.3, 0.4) is 0 Å². The molecule has 0 amide bonds. The average molecular weight is 211 g/mol. The third-order valence-electron chi connectivity index (χ3n) is 0. The van der Waals surface area contributed by atoms with E-state index in [9.17, 15) is 0 Å². The van der Waals surface area contributed by atoms with Crippen molar-refractivity contribution in [3.63, 3.8) is 0 Å². The van der Waals surface area contributed by atoms with Crippen molar-refractivity contribution < 1.29 is 88.4 Å². The Morgan fingerprint density at radius 1 is 1.00 bits per heavy atom. The van der Waals surface area contributed by atoms with E-state index in [1.807, 2.05) is 0 Å². The molecule has 0 rings (SSSR count). The Labute approximate surface area is 133 Å². The minimum Gasteiger partial charge on any atom is -1.00 e. The molecular weight excluding hydrogens is 180 g/mol. The maximum atomic E-state index is 8.25. The molecule has 0 aromatic rings. The van der Waals surface area contributed by atoms with Crippen LogP contribution in [0.25, 0.3) is 0 Å². The van der Waals surface area contributed by atoms with Gasteiger partial charge in [-0.05, 0) is 0 Å². The van der Waals surface area contributed by atoms with Crippen LogP contribution in [0.2, 0.25) is 0 Å². The van der Waals surface area contributed by atoms with E-state index in [0.29, 0.717) is 0 Å². The molecule has 4 nitrogen and oxygen atoms in total. The zero-order valence-corrected chi connectivity index (χ0v) is 8.97. The quantitative estimate of drug-likeness (QED) is 0.372. The van der Waals surface area contributed by atoms with Gasteiger partial charge in [-0.15, -0.1) is 0 Å². The fraction of sp³-hybridized carbons (Fsp3) is 1.00. The van der Waals surface area contributed by atoms with Crippen molar-refractivity contribution in [1.29, 1.82) is 0 Å². The van der Waals surface area contributed by atoms with Crippen molar-refractivity contribution in [2.75, 3.05) is 0 Å². The van der Waals surface area contributed by atoms with Crippen LogP contribution in [0.4, 0.5) is 0 Å². The molecule has 0 aromatic carbocycles. The third kappa shape index (κ3) is 485. The first-order valence-electron chi connectivity index (χ1n) is 0.471. The average Bonchev–Trinajstić information content (AvgIpc) is 0.918. The maximum Gasteiger partial charge on any atom is 1.00 e. The molecule has 79 valence electrons. The Morgan fingerprint density at radius 3 is 1.00 bits per heavy atom. The van der Waals surface area contributed by atoms with Crippen LogP contribution in [0.5, 0.6) is 0 Å². The summed E-state index contributed by atoms with van der Waals surface area (Å²) in [5.41, 5.74) is 0. The van der Waals surface area contributed by atoms with Crippen LogP contribution in [-0.2, 0) is 4.70 Å². The predicted octanol–water partition coefficient (Wildman–Crippen LogP) is -5.82. The first-order valence-corrected chi connectivity index (χ1v) is 0.471. The summed E-state index contributed by atoms with van der Waals surface area (Å²) in [7, 11) is -0.500. The van der Waals surface area contributed by atoms with Crippen LogP contribution in [-0.4, -0.2) is 26.7 Å². The summed E-state index contributed by atoms with van der Waals surface area (Å²) in [4.78, 5) is 0. The molecule has 8 heteroatoms. The standard InChI is InChI=1S/4CH4.BO2.B.2Na.2H2O.5H2.H/c;;;;2-1-3;;;;;;;;;;;/h4*1H4;;;;;2*1H2;5*1H;/q;;;;-1;;2*+1;;;;;;;;-1. The van der Waals surface area contributed by atoms with E-state index in [1.165, 1.54) is 0 Å². The first kappa shape index (κ1) is 164. The van der Waals surface area contributed by atoms with Gasteiger partial charge in [0.2, 0.25) is 0 Å². The van der Waals surface area contributed by atoms with Crippen LogP contribution >= 0.6 is 0 Å². The largest absolute Gasteiger partial charge is 1.00 e. The molecule has 0 atom stereocenters.